The van der Waals surface area contributed by atoms with Crippen molar-refractivity contribution in [3.8, 4) is 5.75 Å². The molecular formula is C18H19N4O6S-. The molecule has 0 bridgehead atoms. The molecule has 1 atom stereocenters. The van der Waals surface area contributed by atoms with Crippen molar-refractivity contribution in [2.75, 3.05) is 25.6 Å². The standard InChI is InChI=1S/C18H20N4O6S/c1-18(22-17(23)24)20-15-8-5-13(11-16(15)21-18)28-29(25,26)14-6-3-12(4-7-14)19-9-10-27-2/h3-8,11,19,22H,9-10H2,1-2H3,(H,23,24)/p-1. The number of carboxylic acid groups (broad SMARTS) is 1. The third-order valence-electron chi connectivity index (χ3n) is 3.95. The molecular weight excluding hydrogens is 400 g/mol. The summed E-state index contributed by atoms with van der Waals surface area (Å²) in [6.45, 7) is 2.56. The number of benzene rings is 2. The first-order valence-corrected chi connectivity index (χ1v) is 9.98. The highest BCUT2D eigenvalue weighted by molar-refractivity contribution is 7.87. The number of ether oxygens (including phenoxy) is 1. The van der Waals surface area contributed by atoms with Gasteiger partial charge in [0.15, 0.2) is 0 Å². The Bertz CT molecular complexity index is 1130. The van der Waals surface area contributed by atoms with Crippen LogP contribution in [-0.2, 0) is 14.9 Å². The summed E-state index contributed by atoms with van der Waals surface area (Å²) in [4.78, 5) is 19.0. The number of methoxy groups -OCH3 is 1. The van der Waals surface area contributed by atoms with Gasteiger partial charge in [-0.05, 0) is 36.4 Å². The van der Waals surface area contributed by atoms with Gasteiger partial charge in [0.1, 0.15) is 16.7 Å². The van der Waals surface area contributed by atoms with Crippen LogP contribution < -0.4 is 30.6 Å². The number of hydrogen-bond acceptors (Lipinski definition) is 9. The zero-order chi connectivity index (χ0) is 21.1. The van der Waals surface area contributed by atoms with E-state index in [1.165, 1.54) is 37.3 Å². The van der Waals surface area contributed by atoms with Crippen LogP contribution in [0.15, 0.2) is 57.3 Å². The monoisotopic (exact) mass is 419 g/mol. The van der Waals surface area contributed by atoms with Gasteiger partial charge >= 0.3 is 10.1 Å². The Morgan fingerprint density at radius 3 is 2.48 bits per heavy atom. The van der Waals surface area contributed by atoms with Crippen LogP contribution in [0.3, 0.4) is 0 Å². The summed E-state index contributed by atoms with van der Waals surface area (Å²) in [7, 11) is -2.47. The minimum Gasteiger partial charge on any atom is -0.530 e. The normalized spacial score (nSPS) is 17.6. The van der Waals surface area contributed by atoms with Crippen LogP contribution in [0.5, 0.6) is 5.75 Å². The molecule has 2 aromatic rings. The summed E-state index contributed by atoms with van der Waals surface area (Å²) < 4.78 is 35.2. The van der Waals surface area contributed by atoms with E-state index in [1.807, 2.05) is 0 Å². The van der Waals surface area contributed by atoms with E-state index < -0.39 is 22.0 Å². The van der Waals surface area contributed by atoms with Crippen LogP contribution in [0.4, 0.5) is 10.5 Å². The third-order valence-corrected chi connectivity index (χ3v) is 5.21. The summed E-state index contributed by atoms with van der Waals surface area (Å²) in [5.41, 5.74) is 0.749. The minimum absolute atomic E-state index is 0.0135. The number of nitrogens with zero attached hydrogens (tertiary/aromatic N) is 2. The summed E-state index contributed by atoms with van der Waals surface area (Å²) in [5.74, 6) is -1.40. The predicted octanol–water partition coefficient (Wildman–Crippen LogP) is -0.628. The zero-order valence-electron chi connectivity index (χ0n) is 15.7. The summed E-state index contributed by atoms with van der Waals surface area (Å²) in [6, 6.07) is 10.4. The van der Waals surface area contributed by atoms with Gasteiger partial charge in [0.25, 0.3) is 0 Å². The van der Waals surface area contributed by atoms with Crippen molar-refractivity contribution in [2.45, 2.75) is 17.6 Å². The van der Waals surface area contributed by atoms with E-state index in [4.69, 9.17) is 8.92 Å². The quantitative estimate of drug-likeness (QED) is 0.429. The first kappa shape index (κ1) is 20.6. The summed E-state index contributed by atoms with van der Waals surface area (Å²) in [6.07, 6.45) is -1.52. The van der Waals surface area contributed by atoms with Gasteiger partial charge in [0.2, 0.25) is 5.79 Å². The summed E-state index contributed by atoms with van der Waals surface area (Å²) >= 11 is 0. The third kappa shape index (κ3) is 5.00. The molecule has 29 heavy (non-hydrogen) atoms. The predicted molar refractivity (Wildman–Crippen MR) is 100 cm³/mol. The first-order chi connectivity index (χ1) is 13.7. The van der Waals surface area contributed by atoms with Crippen LogP contribution in [0.2, 0.25) is 0 Å². The van der Waals surface area contributed by atoms with Crippen molar-refractivity contribution in [1.29, 1.82) is 0 Å². The van der Waals surface area contributed by atoms with Crippen molar-refractivity contribution in [3.05, 3.63) is 53.2 Å². The molecule has 2 N–H and O–H groups in total. The van der Waals surface area contributed by atoms with Gasteiger partial charge in [-0.25, -0.2) is 9.98 Å². The fourth-order valence-corrected chi connectivity index (χ4v) is 3.62. The molecule has 3 rings (SSSR count). The summed E-state index contributed by atoms with van der Waals surface area (Å²) in [5, 5.41) is 16.6. The maximum absolute atomic E-state index is 12.5. The van der Waals surface area contributed by atoms with Crippen LogP contribution in [0.1, 0.15) is 6.92 Å². The number of hydrogen-bond donors (Lipinski definition) is 2. The lowest BCUT2D eigenvalue weighted by Crippen LogP contribution is -2.48. The van der Waals surface area contributed by atoms with E-state index in [0.29, 0.717) is 23.9 Å². The lowest BCUT2D eigenvalue weighted by molar-refractivity contribution is -0.252. The SMILES string of the molecule is COCCNc1ccc(S(=O)(=O)Oc2ccc3c(c2)=NC(C)(NC(=O)[O-])N=3)cc1. The average Bonchev–Trinajstić information content (AvgIpc) is 2.96. The molecule has 0 spiro atoms. The van der Waals surface area contributed by atoms with Crippen molar-refractivity contribution in [1.82, 2.24) is 5.32 Å². The highest BCUT2D eigenvalue weighted by Gasteiger charge is 2.25. The molecule has 1 aliphatic heterocycles. The second-order valence-electron chi connectivity index (χ2n) is 6.29. The average molecular weight is 419 g/mol. The molecule has 154 valence electrons. The second-order valence-corrected chi connectivity index (χ2v) is 7.84. The lowest BCUT2D eigenvalue weighted by Gasteiger charge is -2.20. The molecule has 0 saturated heterocycles. The van der Waals surface area contributed by atoms with Crippen LogP contribution in [0, 0.1) is 0 Å². The number of amides is 1. The van der Waals surface area contributed by atoms with E-state index in [1.54, 1.807) is 19.2 Å². The Morgan fingerprint density at radius 2 is 1.83 bits per heavy atom. The van der Waals surface area contributed by atoms with Gasteiger partial charge in [0, 0.05) is 32.3 Å². The molecule has 0 aromatic heterocycles. The molecule has 1 aliphatic rings. The van der Waals surface area contributed by atoms with E-state index in [9.17, 15) is 18.3 Å². The minimum atomic E-state index is -4.06. The van der Waals surface area contributed by atoms with Gasteiger partial charge in [-0.15, -0.1) is 0 Å². The first-order valence-electron chi connectivity index (χ1n) is 8.57. The fraction of sp³-hybridized carbons (Fsp3) is 0.278. The molecule has 1 amide bonds. The smallest absolute Gasteiger partial charge is 0.339 e. The van der Waals surface area contributed by atoms with Gasteiger partial charge < -0.3 is 29.5 Å². The Hall–Kier alpha value is -3.18. The number of nitrogens with one attached hydrogen (secondary N) is 2. The van der Waals surface area contributed by atoms with Crippen LogP contribution in [-0.4, -0.2) is 40.6 Å². The van der Waals surface area contributed by atoms with Gasteiger partial charge in [-0.2, -0.15) is 8.42 Å². The molecule has 1 heterocycles. The van der Waals surface area contributed by atoms with E-state index in [0.717, 1.165) is 5.69 Å². The molecule has 11 heteroatoms. The zero-order valence-corrected chi connectivity index (χ0v) is 16.5. The number of anilines is 1. The fourth-order valence-electron chi connectivity index (χ4n) is 2.69. The van der Waals surface area contributed by atoms with Crippen molar-refractivity contribution < 1.29 is 27.2 Å². The van der Waals surface area contributed by atoms with Crippen LogP contribution >= 0.6 is 0 Å². The molecule has 0 aliphatic carbocycles. The highest BCUT2D eigenvalue weighted by Crippen LogP contribution is 2.19. The van der Waals surface area contributed by atoms with E-state index in [-0.39, 0.29) is 10.6 Å². The second kappa shape index (κ2) is 8.05. The maximum Gasteiger partial charge on any atom is 0.339 e. The van der Waals surface area contributed by atoms with Crippen LogP contribution in [0.25, 0.3) is 0 Å². The van der Waals surface area contributed by atoms with Crippen molar-refractivity contribution >= 4 is 21.9 Å². The molecule has 0 radical (unpaired) electrons. The van der Waals surface area contributed by atoms with E-state index in [2.05, 4.69) is 20.6 Å². The van der Waals surface area contributed by atoms with E-state index >= 15 is 0 Å². The lowest BCUT2D eigenvalue weighted by atomic mass is 10.3. The van der Waals surface area contributed by atoms with Crippen molar-refractivity contribution in [2.24, 2.45) is 9.98 Å². The number of carbonyl (C=O) groups is 1. The Kier molecular flexibility index (Phi) is 5.71. The molecule has 10 nitrogen and oxygen atoms in total. The Morgan fingerprint density at radius 1 is 1.14 bits per heavy atom. The van der Waals surface area contributed by atoms with Gasteiger partial charge in [-0.1, -0.05) is 0 Å². The molecule has 0 saturated carbocycles. The number of rotatable bonds is 8. The highest BCUT2D eigenvalue weighted by atomic mass is 32.2. The number of fused-ring (bicyclic) bond motifs is 1. The van der Waals surface area contributed by atoms with Gasteiger partial charge in [0.05, 0.1) is 17.3 Å². The number of carbonyl (C=O) groups excluding carboxylic acids is 1. The largest absolute Gasteiger partial charge is 0.530 e. The maximum atomic E-state index is 12.5. The Balaban J connectivity index is 1.77. The molecule has 2 aromatic carbocycles. The topological polar surface area (TPSA) is 142 Å². The molecule has 0 fully saturated rings. The molecule has 1 unspecified atom stereocenters. The van der Waals surface area contributed by atoms with Gasteiger partial charge in [-0.3, -0.25) is 0 Å². The van der Waals surface area contributed by atoms with Crippen molar-refractivity contribution in [3.63, 3.8) is 0 Å². The Labute approximate surface area is 167 Å².